The quantitative estimate of drug-likeness (QED) is 0.633. The van der Waals surface area contributed by atoms with Gasteiger partial charge >= 0.3 is 0 Å². The number of carbonyl (C=O) groups is 1. The van der Waals surface area contributed by atoms with Gasteiger partial charge < -0.3 is 0 Å². The van der Waals surface area contributed by atoms with Gasteiger partial charge in [0.15, 0.2) is 5.78 Å². The predicted octanol–water partition coefficient (Wildman–Crippen LogP) is 3.92. The van der Waals surface area contributed by atoms with E-state index in [1.54, 1.807) is 42.1 Å². The smallest absolute Gasteiger partial charge is 0.197 e. The highest BCUT2D eigenvalue weighted by Crippen LogP contribution is 2.24. The zero-order valence-electron chi connectivity index (χ0n) is 10.4. The highest BCUT2D eigenvalue weighted by atomic mass is 35.5. The summed E-state index contributed by atoms with van der Waals surface area (Å²) in [6, 6.07) is 4.82. The van der Waals surface area contributed by atoms with Crippen LogP contribution in [0.4, 0.5) is 0 Å². The number of halogens is 2. The largest absolute Gasteiger partial charge is 0.288 e. The third-order valence-corrected chi connectivity index (χ3v) is 3.23. The lowest BCUT2D eigenvalue weighted by Crippen LogP contribution is -2.02. The molecule has 0 saturated heterocycles. The first-order valence-corrected chi connectivity index (χ1v) is 6.43. The summed E-state index contributed by atoms with van der Waals surface area (Å²) in [5.74, 6) is -0.158. The fourth-order valence-corrected chi connectivity index (χ4v) is 2.28. The van der Waals surface area contributed by atoms with Crippen molar-refractivity contribution in [2.24, 2.45) is 0 Å². The van der Waals surface area contributed by atoms with Gasteiger partial charge in [-0.1, -0.05) is 29.3 Å². The van der Waals surface area contributed by atoms with Crippen molar-refractivity contribution in [1.29, 1.82) is 0 Å². The number of rotatable bonds is 4. The first-order valence-electron chi connectivity index (χ1n) is 5.67. The molecule has 1 aromatic carbocycles. The Balaban J connectivity index is 2.41. The van der Waals surface area contributed by atoms with Gasteiger partial charge in [-0.3, -0.25) is 9.48 Å². The standard InChI is InChI=1S/C14H12Cl2N2O/c1-3-6-18-8-12(9(2)17-18)14(19)11-5-4-10(15)7-13(11)16/h3-5,7-8H,1,6H2,2H3. The molecule has 2 aromatic rings. The Morgan fingerprint density at radius 2 is 2.16 bits per heavy atom. The van der Waals surface area contributed by atoms with Crippen LogP contribution in [-0.4, -0.2) is 15.6 Å². The van der Waals surface area contributed by atoms with Crippen molar-refractivity contribution >= 4 is 29.0 Å². The maximum atomic E-state index is 12.4. The van der Waals surface area contributed by atoms with Crippen molar-refractivity contribution in [3.05, 3.63) is 63.9 Å². The van der Waals surface area contributed by atoms with Crippen LogP contribution in [0.25, 0.3) is 0 Å². The molecule has 0 aliphatic rings. The number of nitrogens with zero attached hydrogens (tertiary/aromatic N) is 2. The predicted molar refractivity (Wildman–Crippen MR) is 77.1 cm³/mol. The van der Waals surface area contributed by atoms with Crippen LogP contribution in [-0.2, 0) is 6.54 Å². The van der Waals surface area contributed by atoms with E-state index < -0.39 is 0 Å². The van der Waals surface area contributed by atoms with Gasteiger partial charge in [-0.2, -0.15) is 5.10 Å². The monoisotopic (exact) mass is 294 g/mol. The topological polar surface area (TPSA) is 34.9 Å². The number of benzene rings is 1. The molecule has 0 radical (unpaired) electrons. The van der Waals surface area contributed by atoms with Crippen LogP contribution in [0.2, 0.25) is 10.0 Å². The van der Waals surface area contributed by atoms with Gasteiger partial charge in [-0.25, -0.2) is 0 Å². The summed E-state index contributed by atoms with van der Waals surface area (Å²) in [5, 5.41) is 5.09. The zero-order chi connectivity index (χ0) is 14.0. The average Bonchev–Trinajstić information content (AvgIpc) is 2.70. The molecule has 0 unspecified atom stereocenters. The SMILES string of the molecule is C=CCn1cc(C(=O)c2ccc(Cl)cc2Cl)c(C)n1. The Kier molecular flexibility index (Phi) is 4.08. The summed E-state index contributed by atoms with van der Waals surface area (Å²) in [4.78, 5) is 12.4. The molecular formula is C14H12Cl2N2O. The van der Waals surface area contributed by atoms with Crippen LogP contribution < -0.4 is 0 Å². The summed E-state index contributed by atoms with van der Waals surface area (Å²) in [6.07, 6.45) is 3.42. The third-order valence-electron chi connectivity index (χ3n) is 2.68. The van der Waals surface area contributed by atoms with Gasteiger partial charge in [0.05, 0.1) is 22.8 Å². The van der Waals surface area contributed by atoms with Crippen LogP contribution in [0, 0.1) is 6.92 Å². The molecule has 0 aliphatic heterocycles. The Bertz CT molecular complexity index is 647. The van der Waals surface area contributed by atoms with E-state index in [0.29, 0.717) is 33.4 Å². The average molecular weight is 295 g/mol. The molecule has 0 bridgehead atoms. The number of aryl methyl sites for hydroxylation is 1. The Labute approximate surface area is 121 Å². The third kappa shape index (κ3) is 2.88. The number of hydrogen-bond acceptors (Lipinski definition) is 2. The summed E-state index contributed by atoms with van der Waals surface area (Å²) in [7, 11) is 0. The van der Waals surface area contributed by atoms with Crippen molar-refractivity contribution in [2.75, 3.05) is 0 Å². The first kappa shape index (κ1) is 13.8. The van der Waals surface area contributed by atoms with Gasteiger partial charge in [0, 0.05) is 16.8 Å². The molecule has 0 spiro atoms. The van der Waals surface area contributed by atoms with E-state index in [0.717, 1.165) is 0 Å². The number of aromatic nitrogens is 2. The van der Waals surface area contributed by atoms with E-state index in [-0.39, 0.29) is 5.78 Å². The van der Waals surface area contributed by atoms with E-state index in [9.17, 15) is 4.79 Å². The van der Waals surface area contributed by atoms with Crippen LogP contribution >= 0.6 is 23.2 Å². The molecule has 1 aromatic heterocycles. The Morgan fingerprint density at radius 3 is 2.79 bits per heavy atom. The number of ketones is 1. The van der Waals surface area contributed by atoms with Gasteiger partial charge in [-0.05, 0) is 25.1 Å². The van der Waals surface area contributed by atoms with Crippen molar-refractivity contribution in [2.45, 2.75) is 13.5 Å². The van der Waals surface area contributed by atoms with Crippen LogP contribution in [0.5, 0.6) is 0 Å². The molecule has 0 aliphatic carbocycles. The number of allylic oxidation sites excluding steroid dienone is 1. The normalized spacial score (nSPS) is 10.5. The maximum Gasteiger partial charge on any atom is 0.197 e. The molecule has 0 atom stereocenters. The molecule has 0 fully saturated rings. The molecule has 0 saturated carbocycles. The van der Waals surface area contributed by atoms with E-state index >= 15 is 0 Å². The first-order chi connectivity index (χ1) is 9.02. The minimum Gasteiger partial charge on any atom is -0.288 e. The lowest BCUT2D eigenvalue weighted by molar-refractivity contribution is 0.103. The second kappa shape index (κ2) is 5.59. The summed E-state index contributed by atoms with van der Waals surface area (Å²) in [6.45, 7) is 5.99. The summed E-state index contributed by atoms with van der Waals surface area (Å²) < 4.78 is 1.67. The molecular weight excluding hydrogens is 283 g/mol. The number of carbonyl (C=O) groups excluding carboxylic acids is 1. The molecule has 0 amide bonds. The summed E-state index contributed by atoms with van der Waals surface area (Å²) >= 11 is 11.9. The maximum absolute atomic E-state index is 12.4. The zero-order valence-corrected chi connectivity index (χ0v) is 11.9. The van der Waals surface area contributed by atoms with Crippen molar-refractivity contribution in [1.82, 2.24) is 9.78 Å². The van der Waals surface area contributed by atoms with Gasteiger partial charge in [0.25, 0.3) is 0 Å². The lowest BCUT2D eigenvalue weighted by atomic mass is 10.0. The Morgan fingerprint density at radius 1 is 1.42 bits per heavy atom. The molecule has 2 rings (SSSR count). The van der Waals surface area contributed by atoms with Crippen LogP contribution in [0.1, 0.15) is 21.6 Å². The fraction of sp³-hybridized carbons (Fsp3) is 0.143. The van der Waals surface area contributed by atoms with Crippen molar-refractivity contribution in [3.63, 3.8) is 0 Å². The van der Waals surface area contributed by atoms with Gasteiger partial charge in [0.1, 0.15) is 0 Å². The highest BCUT2D eigenvalue weighted by molar-refractivity contribution is 6.37. The van der Waals surface area contributed by atoms with Crippen molar-refractivity contribution < 1.29 is 4.79 Å². The van der Waals surface area contributed by atoms with E-state index in [4.69, 9.17) is 23.2 Å². The molecule has 98 valence electrons. The Hall–Kier alpha value is -1.58. The fourth-order valence-electron chi connectivity index (χ4n) is 1.79. The van der Waals surface area contributed by atoms with E-state index in [2.05, 4.69) is 11.7 Å². The molecule has 3 nitrogen and oxygen atoms in total. The second-order valence-corrected chi connectivity index (χ2v) is 4.94. The number of hydrogen-bond donors (Lipinski definition) is 0. The van der Waals surface area contributed by atoms with E-state index in [1.165, 1.54) is 0 Å². The second-order valence-electron chi connectivity index (χ2n) is 4.09. The van der Waals surface area contributed by atoms with Crippen LogP contribution in [0.3, 0.4) is 0 Å². The van der Waals surface area contributed by atoms with Crippen molar-refractivity contribution in [3.8, 4) is 0 Å². The van der Waals surface area contributed by atoms with E-state index in [1.807, 2.05) is 0 Å². The summed E-state index contributed by atoms with van der Waals surface area (Å²) in [5.41, 5.74) is 1.62. The molecule has 1 heterocycles. The molecule has 5 heteroatoms. The van der Waals surface area contributed by atoms with Gasteiger partial charge in [0.2, 0.25) is 0 Å². The minimum absolute atomic E-state index is 0.158. The van der Waals surface area contributed by atoms with Gasteiger partial charge in [-0.15, -0.1) is 6.58 Å². The highest BCUT2D eigenvalue weighted by Gasteiger charge is 2.17. The molecule has 19 heavy (non-hydrogen) atoms. The molecule has 0 N–H and O–H groups in total. The van der Waals surface area contributed by atoms with Crippen LogP contribution in [0.15, 0.2) is 37.1 Å². The lowest BCUT2D eigenvalue weighted by Gasteiger charge is -2.02. The minimum atomic E-state index is -0.158.